The van der Waals surface area contributed by atoms with Gasteiger partial charge in [-0.25, -0.2) is 0 Å². The van der Waals surface area contributed by atoms with Crippen molar-refractivity contribution in [2.24, 2.45) is 64.6 Å². The molecular formula is C80H147N11O12. The number of likely N-dealkylation sites (N-methyl/N-ethyl adjacent to an activating group) is 7. The normalized spacial score (nSPS) is 26.0. The van der Waals surface area contributed by atoms with E-state index in [0.29, 0.717) is 24.2 Å². The highest BCUT2D eigenvalue weighted by Crippen LogP contribution is 2.38. The molecule has 23 heteroatoms. The lowest BCUT2D eigenvalue weighted by molar-refractivity contribution is -0.156. The molecule has 23 nitrogen and oxygen atoms in total. The second-order valence-electron chi connectivity index (χ2n) is 33.0. The Morgan fingerprint density at radius 2 is 0.883 bits per heavy atom. The fourth-order valence-corrected chi connectivity index (χ4v) is 14.0. The number of rotatable bonds is 20. The Labute approximate surface area is 624 Å². The maximum Gasteiger partial charge on any atom is 0.245 e. The number of aliphatic hydroxyl groups is 2. The van der Waals surface area contributed by atoms with E-state index in [1.165, 1.54) is 90.4 Å². The van der Waals surface area contributed by atoms with Gasteiger partial charge in [-0.05, 0) is 144 Å². The molecule has 0 saturated carbocycles. The maximum atomic E-state index is 15.3. The molecule has 1 heterocycles. The molecule has 0 aliphatic carbocycles. The van der Waals surface area contributed by atoms with Gasteiger partial charge in [0.25, 0.3) is 0 Å². The highest BCUT2D eigenvalue weighted by atomic mass is 16.3. The van der Waals surface area contributed by atoms with Gasteiger partial charge in [-0.1, -0.05) is 163 Å². The molecule has 0 bridgehead atoms. The Bertz CT molecular complexity index is 2740. The third-order valence-corrected chi connectivity index (χ3v) is 19.9. The monoisotopic (exact) mass is 1450 g/mol. The summed E-state index contributed by atoms with van der Waals surface area (Å²) in [4.78, 5) is 155. The van der Waals surface area contributed by atoms with Crippen LogP contribution in [0.5, 0.6) is 0 Å². The minimum absolute atomic E-state index is 0.0989. The van der Waals surface area contributed by atoms with Crippen molar-refractivity contribution in [1.29, 1.82) is 0 Å². The predicted molar refractivity (Wildman–Crippen MR) is 415 cm³/mol. The standard InChI is InChI=1S/C63H115N11O11.C15H30O.C2H2/c1-26-28-29-41(15)54(76)53-42(16)64-45(27-2)59(81)68(19)34-50(75)69(20)46(30-35(3)4)57(79)67-51(39(11)12)62(84)70(21)47(31-36(5)6)56(78)65-43(17)55(77)66-44(18)58(80)71(22)48(32-37(7)8)60(82)72(23)49(33-38(9)10)61(83)73(24)52(40(13)14)63(85)74(53)25;1-8-9-10-12(4)14(16)13(11(2)3)15(5,6)7;1-2/h26,28,35-49,51-54,64,76H,27,29-34H2,1-25H3,(H,65,78)(H,66,77)(H,67,79);8-9,11-14,16H,10H2,1-7H3;1-2H/b28-26+;9-8+;/t41-,42?,43+,44-,45+,46+,47+,48+,49+,51+,52+,53-,54-;12-,13+,14-;/m11./s1. The van der Waals surface area contributed by atoms with E-state index in [0.717, 1.165) is 6.42 Å². The molecule has 0 aromatic rings. The van der Waals surface area contributed by atoms with Crippen molar-refractivity contribution in [3.8, 4) is 12.8 Å². The van der Waals surface area contributed by atoms with E-state index in [4.69, 9.17) is 0 Å². The quantitative estimate of drug-likeness (QED) is 0.0492. The second kappa shape index (κ2) is 46.5. The maximum absolute atomic E-state index is 15.3. The highest BCUT2D eigenvalue weighted by molar-refractivity contribution is 5.98. The summed E-state index contributed by atoms with van der Waals surface area (Å²) in [6.45, 7) is 47.3. The van der Waals surface area contributed by atoms with Gasteiger partial charge < -0.3 is 65.8 Å². The summed E-state index contributed by atoms with van der Waals surface area (Å²) in [5, 5.41) is 34.5. The second-order valence-corrected chi connectivity index (χ2v) is 33.0. The zero-order valence-electron chi connectivity index (χ0n) is 70.0. The van der Waals surface area contributed by atoms with Gasteiger partial charge in [0.1, 0.15) is 48.3 Å². The Morgan fingerprint density at radius 1 is 0.485 bits per heavy atom. The third-order valence-electron chi connectivity index (χ3n) is 19.9. The Morgan fingerprint density at radius 3 is 1.29 bits per heavy atom. The van der Waals surface area contributed by atoms with Crippen LogP contribution in [0.15, 0.2) is 24.3 Å². The summed E-state index contributed by atoms with van der Waals surface area (Å²) < 4.78 is 0. The number of aliphatic hydroxyl groups excluding tert-OH is 2. The number of nitrogens with zero attached hydrogens (tertiary/aromatic N) is 7. The van der Waals surface area contributed by atoms with E-state index in [1.807, 2.05) is 102 Å². The first-order valence-electron chi connectivity index (χ1n) is 37.9. The average Bonchev–Trinajstić information content (AvgIpc) is 0.807. The molecule has 594 valence electrons. The van der Waals surface area contributed by atoms with Crippen LogP contribution < -0.4 is 21.3 Å². The van der Waals surface area contributed by atoms with E-state index in [1.54, 1.807) is 34.7 Å². The summed E-state index contributed by atoms with van der Waals surface area (Å²) in [7, 11) is 10.5. The Kier molecular flexibility index (Phi) is 44.6. The van der Waals surface area contributed by atoms with Crippen molar-refractivity contribution in [1.82, 2.24) is 55.6 Å². The van der Waals surface area contributed by atoms with Crippen LogP contribution in [0.1, 0.15) is 218 Å². The molecule has 1 aliphatic heterocycles. The summed E-state index contributed by atoms with van der Waals surface area (Å²) >= 11 is 0. The summed E-state index contributed by atoms with van der Waals surface area (Å²) in [5.41, 5.74) is 0.164. The lowest BCUT2D eigenvalue weighted by atomic mass is 9.68. The zero-order valence-corrected chi connectivity index (χ0v) is 70.0. The number of carbonyl (C=O) groups is 10. The molecule has 1 saturated heterocycles. The van der Waals surface area contributed by atoms with Gasteiger partial charge >= 0.3 is 0 Å². The number of amides is 10. The molecule has 6 N–H and O–H groups in total. The zero-order chi connectivity index (χ0) is 80.9. The van der Waals surface area contributed by atoms with Crippen molar-refractivity contribution in [2.45, 2.75) is 297 Å². The molecular weight excluding hydrogens is 1310 g/mol. The van der Waals surface area contributed by atoms with Crippen molar-refractivity contribution in [3.63, 3.8) is 0 Å². The first-order valence-corrected chi connectivity index (χ1v) is 37.9. The Hall–Kier alpha value is -6.38. The molecule has 103 heavy (non-hydrogen) atoms. The van der Waals surface area contributed by atoms with Crippen LogP contribution in [0.4, 0.5) is 0 Å². The van der Waals surface area contributed by atoms with Crippen molar-refractivity contribution >= 4 is 59.1 Å². The lowest BCUT2D eigenvalue weighted by Crippen LogP contribution is -2.64. The van der Waals surface area contributed by atoms with Crippen LogP contribution in [0.2, 0.25) is 0 Å². The number of allylic oxidation sites excluding steroid dienone is 4. The van der Waals surface area contributed by atoms with Crippen molar-refractivity contribution in [2.75, 3.05) is 55.9 Å². The highest BCUT2D eigenvalue weighted by Gasteiger charge is 2.46. The summed E-state index contributed by atoms with van der Waals surface area (Å²) in [6.07, 6.45) is 17.1. The fraction of sp³-hybridized carbons (Fsp3) is 0.800. The number of hydrogen-bond donors (Lipinski definition) is 6. The Balaban J connectivity index is 0. The van der Waals surface area contributed by atoms with Gasteiger partial charge in [-0.15, -0.1) is 12.8 Å². The topological polar surface area (TPSA) is 282 Å². The van der Waals surface area contributed by atoms with E-state index in [-0.39, 0.29) is 73.2 Å². The predicted octanol–water partition coefficient (Wildman–Crippen LogP) is 8.65. The van der Waals surface area contributed by atoms with Gasteiger partial charge in [0, 0.05) is 55.4 Å². The van der Waals surface area contributed by atoms with E-state index in [9.17, 15) is 48.6 Å². The fourth-order valence-electron chi connectivity index (χ4n) is 14.0. The molecule has 1 unspecified atom stereocenters. The van der Waals surface area contributed by atoms with Gasteiger partial charge in [-0.2, -0.15) is 0 Å². The van der Waals surface area contributed by atoms with E-state index < -0.39 is 150 Å². The minimum atomic E-state index is -1.21. The summed E-state index contributed by atoms with van der Waals surface area (Å²) in [5.74, 6) is -6.34. The van der Waals surface area contributed by atoms with Crippen LogP contribution in [0.3, 0.4) is 0 Å². The number of carbonyl (C=O) groups excluding carboxylic acids is 10. The van der Waals surface area contributed by atoms with Crippen LogP contribution in [0, 0.1) is 77.4 Å². The van der Waals surface area contributed by atoms with Crippen LogP contribution >= 0.6 is 0 Å². The molecule has 0 aromatic carbocycles. The van der Waals surface area contributed by atoms with Crippen molar-refractivity contribution in [3.05, 3.63) is 24.3 Å². The molecule has 1 aliphatic rings. The number of hydrogen-bond acceptors (Lipinski definition) is 13. The van der Waals surface area contributed by atoms with Crippen LogP contribution in [0.25, 0.3) is 0 Å². The first-order chi connectivity index (χ1) is 47.4. The first kappa shape index (κ1) is 98.7. The molecule has 0 radical (unpaired) electrons. The average molecular weight is 1460 g/mol. The van der Waals surface area contributed by atoms with Gasteiger partial charge in [0.15, 0.2) is 0 Å². The third kappa shape index (κ3) is 30.6. The number of nitrogens with one attached hydrogen (secondary N) is 4. The van der Waals surface area contributed by atoms with E-state index in [2.05, 4.69) is 87.8 Å². The lowest BCUT2D eigenvalue weighted by Gasteiger charge is -2.44. The van der Waals surface area contributed by atoms with E-state index >= 15 is 9.59 Å². The SMILES string of the molecule is C#C.C/C=C/C[C@@H](C)[C@@H](O)[C@H](C(C)C)C(C)(C)C.C/C=C/C[C@@H](C)[C@@H](O)[C@H]1C(C)N[C@@H](CC)C(=O)N(C)CC(=O)N(C)[C@@H](CC(C)C)C(=O)N[C@@H](C(C)C)C(=O)N(C)[C@@H](CC(C)C)C(=O)N[C@@H](C)C(=O)N[C@H](C)C(=O)N(C)[C@@H](CC(C)C)C(=O)N(C)[C@@H](CC(C)C)C(=O)N(C)[C@@H](C(C)C)C(=O)N1C. The van der Waals surface area contributed by atoms with Gasteiger partial charge in [0.05, 0.1) is 30.8 Å². The molecule has 16 atom stereocenters. The van der Waals surface area contributed by atoms with Crippen LogP contribution in [-0.2, 0) is 47.9 Å². The van der Waals surface area contributed by atoms with Crippen LogP contribution in [-0.4, -0.2) is 238 Å². The molecule has 1 rings (SSSR count). The van der Waals surface area contributed by atoms with Crippen molar-refractivity contribution < 1.29 is 58.2 Å². The number of terminal acetylenes is 1. The minimum Gasteiger partial charge on any atom is -0.393 e. The van der Waals surface area contributed by atoms with Gasteiger partial charge in [-0.3, -0.25) is 47.9 Å². The molecule has 1 fully saturated rings. The molecule has 0 spiro atoms. The largest absolute Gasteiger partial charge is 0.393 e. The molecule has 10 amide bonds. The van der Waals surface area contributed by atoms with Gasteiger partial charge in [0.2, 0.25) is 59.1 Å². The smallest absolute Gasteiger partial charge is 0.245 e. The summed E-state index contributed by atoms with van der Waals surface area (Å²) in [6, 6.07) is -11.7. The molecule has 0 aromatic heterocycles.